The van der Waals surface area contributed by atoms with Gasteiger partial charge < -0.3 is 4.74 Å². The van der Waals surface area contributed by atoms with Gasteiger partial charge in [0.25, 0.3) is 0 Å². The van der Waals surface area contributed by atoms with E-state index in [4.69, 9.17) is 27.9 Å². The van der Waals surface area contributed by atoms with E-state index in [0.717, 1.165) is 23.3 Å². The minimum Gasteiger partial charge on any atom is -0.489 e. The first kappa shape index (κ1) is 11.9. The fourth-order valence-electron chi connectivity index (χ4n) is 2.36. The lowest BCUT2D eigenvalue weighted by atomic mass is 10.0. The third-order valence-electron chi connectivity index (χ3n) is 3.16. The highest BCUT2D eigenvalue weighted by Gasteiger charge is 2.25. The molecular formula is C15H12Cl2O. The van der Waals surface area contributed by atoms with Gasteiger partial charge in [0.05, 0.1) is 5.02 Å². The normalized spacial score (nSPS) is 17.4. The molecule has 2 aromatic rings. The van der Waals surface area contributed by atoms with Crippen LogP contribution in [0, 0.1) is 0 Å². The molecule has 0 amide bonds. The molecule has 1 aliphatic heterocycles. The molecule has 1 nitrogen and oxygen atoms in total. The van der Waals surface area contributed by atoms with Crippen LogP contribution in [-0.4, -0.2) is 6.10 Å². The maximum absolute atomic E-state index is 6.32. The number of ether oxygens (including phenoxy) is 1. The predicted octanol–water partition coefficient (Wildman–Crippen LogP) is 4.98. The summed E-state index contributed by atoms with van der Waals surface area (Å²) in [5.41, 5.74) is 3.03. The molecule has 1 heterocycles. The predicted molar refractivity (Wildman–Crippen MR) is 75.7 cm³/mol. The van der Waals surface area contributed by atoms with Crippen molar-refractivity contribution < 1.29 is 4.74 Å². The Labute approximate surface area is 116 Å². The van der Waals surface area contributed by atoms with Crippen LogP contribution < -0.4 is 4.74 Å². The van der Waals surface area contributed by atoms with Crippen LogP contribution in [-0.2, 0) is 6.42 Å². The van der Waals surface area contributed by atoms with Gasteiger partial charge in [-0.15, -0.1) is 0 Å². The lowest BCUT2D eigenvalue weighted by Crippen LogP contribution is -2.05. The first-order valence-electron chi connectivity index (χ1n) is 5.89. The van der Waals surface area contributed by atoms with Gasteiger partial charge in [-0.25, -0.2) is 0 Å². The summed E-state index contributed by atoms with van der Waals surface area (Å²) in [6, 6.07) is 11.6. The van der Waals surface area contributed by atoms with Gasteiger partial charge in [-0.2, -0.15) is 0 Å². The zero-order valence-electron chi connectivity index (χ0n) is 9.91. The van der Waals surface area contributed by atoms with Gasteiger partial charge >= 0.3 is 0 Å². The Bertz CT molecular complexity index is 607. The standard InChI is InChI=1S/C15H12Cl2O/c1-9-8-10-6-7-13(17)14(15(10)18-9)11-4-2-3-5-12(11)16/h2-7,9H,8H2,1H3. The molecule has 0 saturated carbocycles. The first-order valence-corrected chi connectivity index (χ1v) is 6.65. The van der Waals surface area contributed by atoms with Gasteiger partial charge in [0.2, 0.25) is 0 Å². The fraction of sp³-hybridized carbons (Fsp3) is 0.200. The molecule has 0 N–H and O–H groups in total. The minimum absolute atomic E-state index is 0.194. The number of fused-ring (bicyclic) bond motifs is 1. The van der Waals surface area contributed by atoms with E-state index in [1.807, 2.05) is 36.4 Å². The van der Waals surface area contributed by atoms with E-state index >= 15 is 0 Å². The quantitative estimate of drug-likeness (QED) is 0.715. The molecule has 0 bridgehead atoms. The van der Waals surface area contributed by atoms with E-state index in [9.17, 15) is 0 Å². The largest absolute Gasteiger partial charge is 0.489 e. The van der Waals surface area contributed by atoms with Crippen molar-refractivity contribution in [3.8, 4) is 16.9 Å². The molecule has 0 saturated heterocycles. The van der Waals surface area contributed by atoms with E-state index < -0.39 is 0 Å². The summed E-state index contributed by atoms with van der Waals surface area (Å²) in [6.07, 6.45) is 1.11. The average molecular weight is 279 g/mol. The molecule has 0 spiro atoms. The summed E-state index contributed by atoms with van der Waals surface area (Å²) in [5, 5.41) is 1.37. The van der Waals surface area contributed by atoms with Gasteiger partial charge in [0.1, 0.15) is 11.9 Å². The average Bonchev–Trinajstić information content (AvgIpc) is 2.71. The molecule has 18 heavy (non-hydrogen) atoms. The second-order valence-corrected chi connectivity index (χ2v) is 5.34. The number of benzene rings is 2. The highest BCUT2D eigenvalue weighted by molar-refractivity contribution is 6.36. The van der Waals surface area contributed by atoms with Crippen LogP contribution in [0.1, 0.15) is 12.5 Å². The van der Waals surface area contributed by atoms with Gasteiger partial charge in [-0.3, -0.25) is 0 Å². The van der Waals surface area contributed by atoms with Crippen molar-refractivity contribution in [2.75, 3.05) is 0 Å². The molecule has 0 radical (unpaired) electrons. The SMILES string of the molecule is CC1Cc2ccc(Cl)c(-c3ccccc3Cl)c2O1. The Morgan fingerprint density at radius 3 is 2.61 bits per heavy atom. The van der Waals surface area contributed by atoms with Gasteiger partial charge in [0, 0.05) is 22.6 Å². The maximum atomic E-state index is 6.32. The van der Waals surface area contributed by atoms with Crippen molar-refractivity contribution in [2.24, 2.45) is 0 Å². The minimum atomic E-state index is 0.194. The van der Waals surface area contributed by atoms with E-state index in [1.54, 1.807) is 0 Å². The Balaban J connectivity index is 2.25. The Morgan fingerprint density at radius 1 is 1.06 bits per heavy atom. The van der Waals surface area contributed by atoms with E-state index in [0.29, 0.717) is 10.0 Å². The summed E-state index contributed by atoms with van der Waals surface area (Å²) in [6.45, 7) is 2.06. The van der Waals surface area contributed by atoms with Crippen LogP contribution in [0.25, 0.3) is 11.1 Å². The highest BCUT2D eigenvalue weighted by Crippen LogP contribution is 2.45. The monoisotopic (exact) mass is 278 g/mol. The number of rotatable bonds is 1. The van der Waals surface area contributed by atoms with Crippen molar-refractivity contribution in [3.63, 3.8) is 0 Å². The molecule has 1 atom stereocenters. The summed E-state index contributed by atoms with van der Waals surface area (Å²) >= 11 is 12.6. The second-order valence-electron chi connectivity index (χ2n) is 4.52. The van der Waals surface area contributed by atoms with Crippen molar-refractivity contribution in [3.05, 3.63) is 52.0 Å². The molecule has 0 aromatic heterocycles. The van der Waals surface area contributed by atoms with Crippen LogP contribution >= 0.6 is 23.2 Å². The molecule has 0 aliphatic carbocycles. The van der Waals surface area contributed by atoms with Crippen LogP contribution in [0.4, 0.5) is 0 Å². The van der Waals surface area contributed by atoms with Crippen molar-refractivity contribution in [1.29, 1.82) is 0 Å². The Kier molecular flexibility index (Phi) is 2.96. The van der Waals surface area contributed by atoms with Crippen LogP contribution in [0.5, 0.6) is 5.75 Å². The molecule has 0 fully saturated rings. The van der Waals surface area contributed by atoms with Crippen molar-refractivity contribution in [2.45, 2.75) is 19.4 Å². The Morgan fingerprint density at radius 2 is 1.83 bits per heavy atom. The maximum Gasteiger partial charge on any atom is 0.132 e. The third kappa shape index (κ3) is 1.88. The molecule has 3 rings (SSSR count). The summed E-state index contributed by atoms with van der Waals surface area (Å²) in [7, 11) is 0. The van der Waals surface area contributed by atoms with Crippen LogP contribution in [0.3, 0.4) is 0 Å². The molecule has 1 unspecified atom stereocenters. The smallest absolute Gasteiger partial charge is 0.132 e. The zero-order valence-corrected chi connectivity index (χ0v) is 11.4. The van der Waals surface area contributed by atoms with Crippen molar-refractivity contribution in [1.82, 2.24) is 0 Å². The van der Waals surface area contributed by atoms with Gasteiger partial charge in [-0.1, -0.05) is 47.5 Å². The molecule has 3 heteroatoms. The number of hydrogen-bond acceptors (Lipinski definition) is 1. The van der Waals surface area contributed by atoms with E-state index in [-0.39, 0.29) is 6.10 Å². The van der Waals surface area contributed by atoms with E-state index in [2.05, 4.69) is 6.92 Å². The van der Waals surface area contributed by atoms with Gasteiger partial charge in [-0.05, 0) is 24.6 Å². The summed E-state index contributed by atoms with van der Waals surface area (Å²) in [4.78, 5) is 0. The summed E-state index contributed by atoms with van der Waals surface area (Å²) in [5.74, 6) is 0.878. The highest BCUT2D eigenvalue weighted by atomic mass is 35.5. The summed E-state index contributed by atoms with van der Waals surface area (Å²) < 4.78 is 5.89. The molecule has 92 valence electrons. The van der Waals surface area contributed by atoms with Crippen LogP contribution in [0.2, 0.25) is 10.0 Å². The lowest BCUT2D eigenvalue weighted by Gasteiger charge is -2.12. The first-order chi connectivity index (χ1) is 8.66. The molecular weight excluding hydrogens is 267 g/mol. The fourth-order valence-corrected chi connectivity index (χ4v) is 2.85. The molecule has 2 aromatic carbocycles. The van der Waals surface area contributed by atoms with Gasteiger partial charge in [0.15, 0.2) is 0 Å². The second kappa shape index (κ2) is 4.49. The third-order valence-corrected chi connectivity index (χ3v) is 3.80. The lowest BCUT2D eigenvalue weighted by molar-refractivity contribution is 0.255. The van der Waals surface area contributed by atoms with Crippen molar-refractivity contribution >= 4 is 23.2 Å². The number of halogens is 2. The Hall–Kier alpha value is -1.18. The zero-order chi connectivity index (χ0) is 12.7. The van der Waals surface area contributed by atoms with Crippen LogP contribution in [0.15, 0.2) is 36.4 Å². The molecule has 1 aliphatic rings. The topological polar surface area (TPSA) is 9.23 Å². The number of hydrogen-bond donors (Lipinski definition) is 0. The van der Waals surface area contributed by atoms with E-state index in [1.165, 1.54) is 5.56 Å².